The van der Waals surface area contributed by atoms with Crippen LogP contribution >= 0.6 is 11.3 Å². The molecule has 0 bridgehead atoms. The summed E-state index contributed by atoms with van der Waals surface area (Å²) >= 11 is 1.83. The lowest BCUT2D eigenvalue weighted by Crippen LogP contribution is -2.15. The van der Waals surface area contributed by atoms with Gasteiger partial charge in [0.2, 0.25) is 0 Å². The number of allylic oxidation sites excluding steroid dienone is 1. The first-order valence-corrected chi connectivity index (χ1v) is 7.15. The van der Waals surface area contributed by atoms with Crippen molar-refractivity contribution in [1.29, 1.82) is 0 Å². The molecule has 0 amide bonds. The van der Waals surface area contributed by atoms with Crippen LogP contribution in [0.5, 0.6) is 0 Å². The van der Waals surface area contributed by atoms with E-state index < -0.39 is 0 Å². The van der Waals surface area contributed by atoms with Crippen LogP contribution in [0.3, 0.4) is 0 Å². The molecule has 0 aliphatic heterocycles. The van der Waals surface area contributed by atoms with Gasteiger partial charge in [-0.1, -0.05) is 30.7 Å². The highest BCUT2D eigenvalue weighted by atomic mass is 32.1. The Morgan fingerprint density at radius 3 is 3.06 bits per heavy atom. The van der Waals surface area contributed by atoms with E-state index in [0.717, 1.165) is 6.42 Å². The summed E-state index contributed by atoms with van der Waals surface area (Å²) in [5, 5.41) is 3.52. The molecule has 1 aliphatic rings. The number of benzene rings is 1. The van der Waals surface area contributed by atoms with Crippen LogP contribution in [0.15, 0.2) is 35.7 Å². The Bertz CT molecular complexity index is 553. The molecule has 17 heavy (non-hydrogen) atoms. The van der Waals surface area contributed by atoms with Gasteiger partial charge in [-0.2, -0.15) is 0 Å². The summed E-state index contributed by atoms with van der Waals surface area (Å²) in [6, 6.07) is 9.01. The van der Waals surface area contributed by atoms with Crippen LogP contribution < -0.4 is 5.73 Å². The summed E-state index contributed by atoms with van der Waals surface area (Å²) in [5.74, 6) is 0. The van der Waals surface area contributed by atoms with Gasteiger partial charge in [-0.3, -0.25) is 0 Å². The number of hydrogen-bond donors (Lipinski definition) is 1. The van der Waals surface area contributed by atoms with E-state index in [4.69, 9.17) is 5.73 Å². The molecule has 0 saturated heterocycles. The van der Waals surface area contributed by atoms with Crippen molar-refractivity contribution in [3.63, 3.8) is 0 Å². The van der Waals surface area contributed by atoms with Gasteiger partial charge in [0.1, 0.15) is 0 Å². The maximum atomic E-state index is 6.11. The van der Waals surface area contributed by atoms with Gasteiger partial charge in [-0.25, -0.2) is 0 Å². The molecule has 2 aromatic rings. The number of nitrogens with two attached hydrogens (primary N) is 1. The van der Waals surface area contributed by atoms with Crippen LogP contribution in [0.4, 0.5) is 0 Å². The number of fused-ring (bicyclic) bond motifs is 1. The lowest BCUT2D eigenvalue weighted by molar-refractivity contribution is 0.658. The molecule has 2 N–H and O–H groups in total. The van der Waals surface area contributed by atoms with E-state index in [0.29, 0.717) is 0 Å². The van der Waals surface area contributed by atoms with Crippen LogP contribution in [-0.2, 0) is 0 Å². The third-order valence-corrected chi connectivity index (χ3v) is 4.44. The van der Waals surface area contributed by atoms with Crippen molar-refractivity contribution in [1.82, 2.24) is 0 Å². The highest BCUT2D eigenvalue weighted by molar-refractivity contribution is 7.17. The van der Waals surface area contributed by atoms with E-state index in [2.05, 4.69) is 35.7 Å². The van der Waals surface area contributed by atoms with Gasteiger partial charge < -0.3 is 5.73 Å². The molecular weight excluding hydrogens is 226 g/mol. The summed E-state index contributed by atoms with van der Waals surface area (Å²) < 4.78 is 1.41. The number of rotatable bonds is 1. The summed E-state index contributed by atoms with van der Waals surface area (Å²) in [4.78, 5) is 0. The number of thiophene rings is 1. The molecule has 1 aromatic heterocycles. The molecule has 1 unspecified atom stereocenters. The van der Waals surface area contributed by atoms with Crippen molar-refractivity contribution >= 4 is 27.0 Å². The maximum absolute atomic E-state index is 6.11. The summed E-state index contributed by atoms with van der Waals surface area (Å²) in [5.41, 5.74) is 8.95. The molecule has 1 aliphatic carbocycles. The molecule has 0 saturated carbocycles. The maximum Gasteiger partial charge on any atom is 0.0417 e. The Kier molecular flexibility index (Phi) is 3.00. The molecule has 0 fully saturated rings. The molecule has 1 heterocycles. The van der Waals surface area contributed by atoms with E-state index in [1.807, 2.05) is 11.3 Å². The van der Waals surface area contributed by atoms with Crippen molar-refractivity contribution in [2.24, 2.45) is 5.73 Å². The van der Waals surface area contributed by atoms with E-state index in [1.165, 1.54) is 40.5 Å². The molecule has 0 spiro atoms. The third-order valence-electron chi connectivity index (χ3n) is 3.47. The summed E-state index contributed by atoms with van der Waals surface area (Å²) in [6.07, 6.45) is 7.10. The second-order valence-electron chi connectivity index (χ2n) is 4.75. The Hall–Kier alpha value is -1.12. The Morgan fingerprint density at radius 1 is 1.18 bits per heavy atom. The van der Waals surface area contributed by atoms with Crippen molar-refractivity contribution in [3.8, 4) is 0 Å². The second kappa shape index (κ2) is 4.63. The lowest BCUT2D eigenvalue weighted by Gasteiger charge is -2.08. The predicted molar refractivity (Wildman–Crippen MR) is 76.2 cm³/mol. The zero-order chi connectivity index (χ0) is 11.7. The first-order valence-electron chi connectivity index (χ1n) is 6.27. The summed E-state index contributed by atoms with van der Waals surface area (Å²) in [6.45, 7) is 0. The van der Waals surface area contributed by atoms with Gasteiger partial charge >= 0.3 is 0 Å². The predicted octanol–water partition coefficient (Wildman–Crippen LogP) is 4.19. The van der Waals surface area contributed by atoms with Gasteiger partial charge in [0, 0.05) is 10.7 Å². The van der Waals surface area contributed by atoms with Crippen molar-refractivity contribution < 1.29 is 0 Å². The Balaban J connectivity index is 2.10. The molecule has 88 valence electrons. The zero-order valence-corrected chi connectivity index (χ0v) is 10.7. The molecule has 0 radical (unpaired) electrons. The van der Waals surface area contributed by atoms with Gasteiger partial charge in [0.05, 0.1) is 0 Å². The topological polar surface area (TPSA) is 26.0 Å². The quantitative estimate of drug-likeness (QED) is 0.798. The van der Waals surface area contributed by atoms with Crippen molar-refractivity contribution in [3.05, 3.63) is 41.3 Å². The smallest absolute Gasteiger partial charge is 0.0417 e. The normalized spacial score (nSPS) is 21.2. The Morgan fingerprint density at radius 2 is 2.12 bits per heavy atom. The van der Waals surface area contributed by atoms with Crippen LogP contribution in [0.25, 0.3) is 15.7 Å². The van der Waals surface area contributed by atoms with E-state index in [-0.39, 0.29) is 6.04 Å². The minimum atomic E-state index is 0.239. The van der Waals surface area contributed by atoms with Gasteiger partial charge in [-0.05, 0) is 47.2 Å². The first-order chi connectivity index (χ1) is 8.34. The van der Waals surface area contributed by atoms with Crippen LogP contribution in [-0.4, -0.2) is 6.04 Å². The molecule has 2 heteroatoms. The van der Waals surface area contributed by atoms with Crippen LogP contribution in [0.2, 0.25) is 0 Å². The Labute approximate surface area is 106 Å². The number of hydrogen-bond acceptors (Lipinski definition) is 2. The summed E-state index contributed by atoms with van der Waals surface area (Å²) in [7, 11) is 0. The molecule has 1 atom stereocenters. The van der Waals surface area contributed by atoms with E-state index >= 15 is 0 Å². The molecule has 1 aromatic carbocycles. The highest BCUT2D eigenvalue weighted by Crippen LogP contribution is 2.33. The van der Waals surface area contributed by atoms with E-state index in [9.17, 15) is 0 Å². The SMILES string of the molecule is NC1C=C(c2cccc3ccsc23)CCCC1. The average molecular weight is 243 g/mol. The second-order valence-corrected chi connectivity index (χ2v) is 5.66. The largest absolute Gasteiger partial charge is 0.324 e. The minimum absolute atomic E-state index is 0.239. The van der Waals surface area contributed by atoms with Crippen LogP contribution in [0.1, 0.15) is 31.2 Å². The minimum Gasteiger partial charge on any atom is -0.324 e. The van der Waals surface area contributed by atoms with Crippen molar-refractivity contribution in [2.75, 3.05) is 0 Å². The monoisotopic (exact) mass is 243 g/mol. The van der Waals surface area contributed by atoms with Gasteiger partial charge in [0.25, 0.3) is 0 Å². The molecular formula is C15H17NS. The molecule has 3 rings (SSSR count). The molecule has 1 nitrogen and oxygen atoms in total. The lowest BCUT2D eigenvalue weighted by atomic mass is 10.00. The van der Waals surface area contributed by atoms with E-state index in [1.54, 1.807) is 0 Å². The van der Waals surface area contributed by atoms with Crippen molar-refractivity contribution in [2.45, 2.75) is 31.7 Å². The first kappa shape index (κ1) is 11.0. The fourth-order valence-electron chi connectivity index (χ4n) is 2.59. The van der Waals surface area contributed by atoms with Gasteiger partial charge in [0.15, 0.2) is 0 Å². The standard InChI is InChI=1S/C15H17NS/c16-13-6-2-1-4-12(10-13)14-7-3-5-11-8-9-17-15(11)14/h3,5,7-10,13H,1-2,4,6,16H2. The highest BCUT2D eigenvalue weighted by Gasteiger charge is 2.12. The zero-order valence-electron chi connectivity index (χ0n) is 9.86. The fraction of sp³-hybridized carbons (Fsp3) is 0.333. The average Bonchev–Trinajstić information content (AvgIpc) is 2.71. The third kappa shape index (κ3) is 2.15. The van der Waals surface area contributed by atoms with Gasteiger partial charge in [-0.15, -0.1) is 11.3 Å². The fourth-order valence-corrected chi connectivity index (χ4v) is 3.54. The van der Waals surface area contributed by atoms with Crippen LogP contribution in [0, 0.1) is 0 Å².